The zero-order valence-electron chi connectivity index (χ0n) is 10.2. The molecule has 1 aromatic rings. The molecule has 0 spiro atoms. The average Bonchev–Trinajstić information content (AvgIpc) is 2.64. The van der Waals surface area contributed by atoms with Crippen molar-refractivity contribution in [1.82, 2.24) is 10.0 Å². The average molecular weight is 259 g/mol. The molecule has 1 aromatic carbocycles. The summed E-state index contributed by atoms with van der Waals surface area (Å²) in [6, 6.07) is 6.88. The van der Waals surface area contributed by atoms with Gasteiger partial charge in [0.2, 0.25) is 11.8 Å². The van der Waals surface area contributed by atoms with E-state index in [2.05, 4.69) is 0 Å². The highest BCUT2D eigenvalue weighted by atomic mass is 16.2. The number of nitrogens with zero attached hydrogens (tertiary/aromatic N) is 2. The predicted molar refractivity (Wildman–Crippen MR) is 65.2 cm³/mol. The maximum atomic E-state index is 12.3. The minimum Gasteiger partial charge on any atom is -0.306 e. The summed E-state index contributed by atoms with van der Waals surface area (Å²) < 4.78 is 0. The van der Waals surface area contributed by atoms with Gasteiger partial charge in [0.05, 0.1) is 0 Å². The standard InChI is InChI=1S/C13H13N3O3/c14-12-8-4-1-2-5-9(8)13(19)16(12)15-10(17)6-3-7-11(15)18/h1-2,4-5,12H,3,6-7,14H2. The van der Waals surface area contributed by atoms with Gasteiger partial charge in [-0.25, -0.2) is 5.01 Å². The number of hydrazine groups is 1. The van der Waals surface area contributed by atoms with Gasteiger partial charge in [-0.05, 0) is 12.5 Å². The van der Waals surface area contributed by atoms with Crippen molar-refractivity contribution in [2.75, 3.05) is 0 Å². The van der Waals surface area contributed by atoms with Crippen LogP contribution in [0.3, 0.4) is 0 Å². The lowest BCUT2D eigenvalue weighted by Crippen LogP contribution is -2.54. The Bertz CT molecular complexity index is 568. The smallest absolute Gasteiger partial charge is 0.275 e. The van der Waals surface area contributed by atoms with Crippen LogP contribution < -0.4 is 5.73 Å². The molecule has 0 bridgehead atoms. The molecule has 2 N–H and O–H groups in total. The fraction of sp³-hybridized carbons (Fsp3) is 0.308. The summed E-state index contributed by atoms with van der Waals surface area (Å²) >= 11 is 0. The van der Waals surface area contributed by atoms with Crippen molar-refractivity contribution in [3.63, 3.8) is 0 Å². The third kappa shape index (κ3) is 1.64. The number of nitrogens with two attached hydrogens (primary N) is 1. The Kier molecular flexibility index (Phi) is 2.60. The van der Waals surface area contributed by atoms with Crippen molar-refractivity contribution in [2.24, 2.45) is 5.73 Å². The van der Waals surface area contributed by atoms with Gasteiger partial charge < -0.3 is 5.73 Å². The number of hydrogen-bond donors (Lipinski definition) is 1. The topological polar surface area (TPSA) is 83.7 Å². The fourth-order valence-electron chi connectivity index (χ4n) is 2.53. The Morgan fingerprint density at radius 3 is 2.32 bits per heavy atom. The minimum absolute atomic E-state index is 0.262. The molecule has 3 rings (SSSR count). The fourth-order valence-corrected chi connectivity index (χ4v) is 2.53. The summed E-state index contributed by atoms with van der Waals surface area (Å²) in [6.45, 7) is 0. The molecule has 6 heteroatoms. The number of hydrogen-bond acceptors (Lipinski definition) is 4. The van der Waals surface area contributed by atoms with E-state index < -0.39 is 12.1 Å². The first-order valence-corrected chi connectivity index (χ1v) is 6.15. The van der Waals surface area contributed by atoms with Crippen LogP contribution in [0.15, 0.2) is 24.3 Å². The van der Waals surface area contributed by atoms with Gasteiger partial charge in [0, 0.05) is 24.0 Å². The molecule has 2 heterocycles. The van der Waals surface area contributed by atoms with Gasteiger partial charge in [-0.1, -0.05) is 18.2 Å². The molecule has 0 saturated carbocycles. The third-order valence-corrected chi connectivity index (χ3v) is 3.45. The number of rotatable bonds is 1. The molecule has 2 aliphatic rings. The zero-order valence-corrected chi connectivity index (χ0v) is 10.2. The van der Waals surface area contributed by atoms with E-state index in [-0.39, 0.29) is 24.7 Å². The molecule has 19 heavy (non-hydrogen) atoms. The number of amides is 3. The van der Waals surface area contributed by atoms with Crippen LogP contribution in [0.25, 0.3) is 0 Å². The van der Waals surface area contributed by atoms with Gasteiger partial charge in [0.25, 0.3) is 5.91 Å². The highest BCUT2D eigenvalue weighted by Crippen LogP contribution is 2.32. The summed E-state index contributed by atoms with van der Waals surface area (Å²) in [7, 11) is 0. The first-order valence-electron chi connectivity index (χ1n) is 6.15. The van der Waals surface area contributed by atoms with Gasteiger partial charge in [0.15, 0.2) is 0 Å². The van der Waals surface area contributed by atoms with Crippen molar-refractivity contribution >= 4 is 17.7 Å². The van der Waals surface area contributed by atoms with Crippen LogP contribution in [0.5, 0.6) is 0 Å². The number of benzene rings is 1. The Balaban J connectivity index is 2.01. The largest absolute Gasteiger partial charge is 0.306 e. The maximum Gasteiger partial charge on any atom is 0.275 e. The van der Waals surface area contributed by atoms with Crippen molar-refractivity contribution in [3.05, 3.63) is 35.4 Å². The molecule has 1 saturated heterocycles. The SMILES string of the molecule is NC1c2ccccc2C(=O)N1N1C(=O)CCCC1=O. The molecule has 0 radical (unpaired) electrons. The van der Waals surface area contributed by atoms with Crippen LogP contribution >= 0.6 is 0 Å². The van der Waals surface area contributed by atoms with Crippen LogP contribution in [-0.2, 0) is 9.59 Å². The summed E-state index contributed by atoms with van der Waals surface area (Å²) in [5.41, 5.74) is 7.08. The highest BCUT2D eigenvalue weighted by molar-refractivity contribution is 6.05. The second-order valence-corrected chi connectivity index (χ2v) is 4.63. The van der Waals surface area contributed by atoms with E-state index in [9.17, 15) is 14.4 Å². The van der Waals surface area contributed by atoms with Gasteiger partial charge >= 0.3 is 0 Å². The normalized spacial score (nSPS) is 23.0. The lowest BCUT2D eigenvalue weighted by molar-refractivity contribution is -0.166. The van der Waals surface area contributed by atoms with E-state index in [0.717, 1.165) is 10.0 Å². The van der Waals surface area contributed by atoms with Gasteiger partial charge in [-0.15, -0.1) is 0 Å². The molecular formula is C13H13N3O3. The van der Waals surface area contributed by atoms with E-state index >= 15 is 0 Å². The van der Waals surface area contributed by atoms with Crippen LogP contribution in [0, 0.1) is 0 Å². The molecule has 98 valence electrons. The minimum atomic E-state index is -0.783. The summed E-state index contributed by atoms with van der Waals surface area (Å²) in [6.07, 6.45) is 0.268. The van der Waals surface area contributed by atoms with E-state index in [4.69, 9.17) is 5.73 Å². The number of imide groups is 1. The molecule has 2 aliphatic heterocycles. The lowest BCUT2D eigenvalue weighted by Gasteiger charge is -2.35. The Hall–Kier alpha value is -2.21. The van der Waals surface area contributed by atoms with E-state index in [1.165, 1.54) is 0 Å². The second-order valence-electron chi connectivity index (χ2n) is 4.63. The molecule has 6 nitrogen and oxygen atoms in total. The predicted octanol–water partition coefficient (Wildman–Crippen LogP) is 0.554. The monoisotopic (exact) mass is 259 g/mol. The molecule has 1 fully saturated rings. The van der Waals surface area contributed by atoms with Crippen LogP contribution in [0.1, 0.15) is 41.3 Å². The zero-order chi connectivity index (χ0) is 13.6. The first kappa shape index (κ1) is 11.9. The summed E-state index contributed by atoms with van der Waals surface area (Å²) in [4.78, 5) is 36.1. The van der Waals surface area contributed by atoms with Crippen molar-refractivity contribution < 1.29 is 14.4 Å². The maximum absolute atomic E-state index is 12.3. The Morgan fingerprint density at radius 2 is 1.68 bits per heavy atom. The van der Waals surface area contributed by atoms with Gasteiger partial charge in [-0.2, -0.15) is 5.01 Å². The lowest BCUT2D eigenvalue weighted by atomic mass is 10.1. The highest BCUT2D eigenvalue weighted by Gasteiger charge is 2.43. The quantitative estimate of drug-likeness (QED) is 0.747. The summed E-state index contributed by atoms with van der Waals surface area (Å²) in [5, 5.41) is 1.99. The van der Waals surface area contributed by atoms with E-state index in [1.807, 2.05) is 0 Å². The molecule has 0 aromatic heterocycles. The van der Waals surface area contributed by atoms with Gasteiger partial charge in [0.1, 0.15) is 6.17 Å². The second kappa shape index (κ2) is 4.17. The third-order valence-electron chi connectivity index (χ3n) is 3.45. The van der Waals surface area contributed by atoms with Crippen molar-refractivity contribution in [2.45, 2.75) is 25.4 Å². The van der Waals surface area contributed by atoms with Crippen LogP contribution in [0.2, 0.25) is 0 Å². The molecule has 0 aliphatic carbocycles. The first-order chi connectivity index (χ1) is 9.11. The molecule has 1 unspecified atom stereocenters. The summed E-state index contributed by atoms with van der Waals surface area (Å²) in [5.74, 6) is -1.13. The number of piperidine rings is 1. The van der Waals surface area contributed by atoms with Crippen molar-refractivity contribution in [3.8, 4) is 0 Å². The van der Waals surface area contributed by atoms with E-state index in [0.29, 0.717) is 17.5 Å². The molecule has 3 amide bonds. The van der Waals surface area contributed by atoms with Crippen LogP contribution in [0.4, 0.5) is 0 Å². The number of fused-ring (bicyclic) bond motifs is 1. The van der Waals surface area contributed by atoms with Gasteiger partial charge in [-0.3, -0.25) is 14.4 Å². The number of carbonyl (C=O) groups excluding carboxylic acids is 3. The van der Waals surface area contributed by atoms with Crippen LogP contribution in [-0.4, -0.2) is 27.7 Å². The number of carbonyl (C=O) groups is 3. The Labute approximate surface area is 109 Å². The molecular weight excluding hydrogens is 246 g/mol. The van der Waals surface area contributed by atoms with Crippen molar-refractivity contribution in [1.29, 1.82) is 0 Å². The van der Waals surface area contributed by atoms with E-state index in [1.54, 1.807) is 24.3 Å². The molecule has 1 atom stereocenters. The Morgan fingerprint density at radius 1 is 1.05 bits per heavy atom.